The molecule has 1 aromatic carbocycles. The van der Waals surface area contributed by atoms with Crippen molar-refractivity contribution < 1.29 is 14.3 Å². The van der Waals surface area contributed by atoms with Crippen LogP contribution in [0.1, 0.15) is 94.0 Å². The zero-order chi connectivity index (χ0) is 22.6. The maximum atomic E-state index is 12.6. The number of rotatable bonds is 12. The molecule has 5 heteroatoms. The predicted molar refractivity (Wildman–Crippen MR) is 128 cm³/mol. The molecule has 1 heterocycles. The normalized spacial score (nSPS) is 18.4. The lowest BCUT2D eigenvalue weighted by Crippen LogP contribution is -2.28. The largest absolute Gasteiger partial charge is 0.459 e. The summed E-state index contributed by atoms with van der Waals surface area (Å²) in [5.41, 5.74) is 2.63. The summed E-state index contributed by atoms with van der Waals surface area (Å²) >= 11 is 0. The number of unbranched alkanes of at least 4 members (excludes halogenated alkanes) is 4. The third-order valence-corrected chi connectivity index (χ3v) is 6.15. The van der Waals surface area contributed by atoms with Crippen LogP contribution in [0.5, 0.6) is 0 Å². The van der Waals surface area contributed by atoms with Crippen molar-refractivity contribution in [3.05, 3.63) is 47.8 Å². The van der Waals surface area contributed by atoms with E-state index in [1.54, 1.807) is 12.1 Å². The van der Waals surface area contributed by atoms with E-state index in [1.807, 2.05) is 24.5 Å². The molecule has 1 aromatic heterocycles. The third kappa shape index (κ3) is 7.70. The Morgan fingerprint density at radius 1 is 0.875 bits per heavy atom. The topological polar surface area (TPSA) is 61.3 Å². The molecule has 0 saturated heterocycles. The van der Waals surface area contributed by atoms with Crippen LogP contribution in [0.15, 0.2) is 36.7 Å². The Bertz CT molecular complexity index is 797. The van der Waals surface area contributed by atoms with Gasteiger partial charge in [0.25, 0.3) is 0 Å². The summed E-state index contributed by atoms with van der Waals surface area (Å²) in [6, 6.07) is 7.38. The molecule has 0 radical (unpaired) electrons. The first-order valence-electron chi connectivity index (χ1n) is 12.4. The van der Waals surface area contributed by atoms with Crippen LogP contribution in [0.25, 0.3) is 11.4 Å². The lowest BCUT2D eigenvalue weighted by atomic mass is 9.95. The number of aromatic nitrogens is 2. The molecule has 2 aromatic rings. The number of hydrogen-bond acceptors (Lipinski definition) is 5. The summed E-state index contributed by atoms with van der Waals surface area (Å²) in [6.07, 6.45) is 16.0. The fourth-order valence-corrected chi connectivity index (χ4v) is 4.08. The van der Waals surface area contributed by atoms with E-state index in [4.69, 9.17) is 9.47 Å². The van der Waals surface area contributed by atoms with Crippen LogP contribution in [-0.2, 0) is 15.9 Å². The lowest BCUT2D eigenvalue weighted by Gasteiger charge is -2.28. The highest BCUT2D eigenvalue weighted by Crippen LogP contribution is 2.25. The van der Waals surface area contributed by atoms with Crippen LogP contribution in [0.2, 0.25) is 0 Å². The average molecular weight is 439 g/mol. The van der Waals surface area contributed by atoms with E-state index in [-0.39, 0.29) is 12.1 Å². The molecule has 0 atom stereocenters. The first-order chi connectivity index (χ1) is 15.7. The van der Waals surface area contributed by atoms with Crippen molar-refractivity contribution >= 4 is 5.97 Å². The van der Waals surface area contributed by atoms with Gasteiger partial charge in [0, 0.05) is 24.6 Å². The zero-order valence-electron chi connectivity index (χ0n) is 19.7. The molecule has 0 aliphatic heterocycles. The number of carbonyl (C=O) groups excluding carboxylic acids is 1. The molecule has 1 aliphatic rings. The molecule has 0 N–H and O–H groups in total. The maximum absolute atomic E-state index is 12.6. The van der Waals surface area contributed by atoms with E-state index in [9.17, 15) is 4.79 Å². The van der Waals surface area contributed by atoms with Gasteiger partial charge in [-0.3, -0.25) is 0 Å². The standard InChI is InChI=1S/C27H38N2O3/c1-3-5-7-8-18-31-24-14-16-25(17-15-24)32-27(30)23-12-10-22(11-13-23)26-28-19-21(20-29-26)9-6-4-2/h10-13,19-20,24-25H,3-9,14-18H2,1-2H3. The molecule has 0 unspecified atom stereocenters. The predicted octanol–water partition coefficient (Wildman–Crippen LogP) is 6.55. The van der Waals surface area contributed by atoms with E-state index in [1.165, 1.54) is 19.3 Å². The van der Waals surface area contributed by atoms with Crippen LogP contribution in [0, 0.1) is 0 Å². The van der Waals surface area contributed by atoms with Gasteiger partial charge in [0.2, 0.25) is 0 Å². The monoisotopic (exact) mass is 438 g/mol. The van der Waals surface area contributed by atoms with Gasteiger partial charge in [0.1, 0.15) is 6.10 Å². The minimum Gasteiger partial charge on any atom is -0.459 e. The summed E-state index contributed by atoms with van der Waals surface area (Å²) in [5, 5.41) is 0. The summed E-state index contributed by atoms with van der Waals surface area (Å²) in [4.78, 5) is 21.5. The molecular weight excluding hydrogens is 400 g/mol. The van der Waals surface area contributed by atoms with Crippen molar-refractivity contribution in [1.82, 2.24) is 9.97 Å². The van der Waals surface area contributed by atoms with Crippen molar-refractivity contribution in [2.75, 3.05) is 6.61 Å². The smallest absolute Gasteiger partial charge is 0.338 e. The Balaban J connectivity index is 1.42. The van der Waals surface area contributed by atoms with Crippen LogP contribution in [0.3, 0.4) is 0 Å². The van der Waals surface area contributed by atoms with Gasteiger partial charge in [-0.05, 0) is 62.6 Å². The van der Waals surface area contributed by atoms with Gasteiger partial charge in [0.05, 0.1) is 11.7 Å². The number of ether oxygens (including phenoxy) is 2. The minimum absolute atomic E-state index is 0.0129. The highest BCUT2D eigenvalue weighted by atomic mass is 16.5. The summed E-state index contributed by atoms with van der Waals surface area (Å²) in [6.45, 7) is 5.25. The Kier molecular flexibility index (Phi) is 10.1. The van der Waals surface area contributed by atoms with Gasteiger partial charge < -0.3 is 9.47 Å². The van der Waals surface area contributed by atoms with E-state index in [0.29, 0.717) is 17.5 Å². The van der Waals surface area contributed by atoms with E-state index in [2.05, 4.69) is 23.8 Å². The number of aryl methyl sites for hydroxylation is 1. The fraction of sp³-hybridized carbons (Fsp3) is 0.593. The second kappa shape index (κ2) is 13.3. The number of esters is 1. The van der Waals surface area contributed by atoms with Gasteiger partial charge >= 0.3 is 5.97 Å². The van der Waals surface area contributed by atoms with Crippen molar-refractivity contribution in [3.63, 3.8) is 0 Å². The number of benzene rings is 1. The number of nitrogens with zero attached hydrogens (tertiary/aromatic N) is 2. The van der Waals surface area contributed by atoms with E-state index in [0.717, 1.165) is 69.1 Å². The molecule has 0 bridgehead atoms. The average Bonchev–Trinajstić information content (AvgIpc) is 2.84. The maximum Gasteiger partial charge on any atom is 0.338 e. The van der Waals surface area contributed by atoms with Gasteiger partial charge in [-0.25, -0.2) is 14.8 Å². The van der Waals surface area contributed by atoms with Crippen molar-refractivity contribution in [3.8, 4) is 11.4 Å². The molecule has 32 heavy (non-hydrogen) atoms. The number of hydrogen-bond donors (Lipinski definition) is 0. The van der Waals surface area contributed by atoms with Crippen LogP contribution >= 0.6 is 0 Å². The zero-order valence-corrected chi connectivity index (χ0v) is 19.7. The van der Waals surface area contributed by atoms with Gasteiger partial charge in [0.15, 0.2) is 5.82 Å². The molecule has 5 nitrogen and oxygen atoms in total. The van der Waals surface area contributed by atoms with Crippen molar-refractivity contribution in [2.45, 2.75) is 96.7 Å². The van der Waals surface area contributed by atoms with Crippen LogP contribution in [-0.4, -0.2) is 34.8 Å². The summed E-state index contributed by atoms with van der Waals surface area (Å²) in [7, 11) is 0. The van der Waals surface area contributed by atoms with Crippen molar-refractivity contribution in [1.29, 1.82) is 0 Å². The molecule has 1 aliphatic carbocycles. The molecule has 1 fully saturated rings. The van der Waals surface area contributed by atoms with Gasteiger partial charge in [-0.15, -0.1) is 0 Å². The first-order valence-corrected chi connectivity index (χ1v) is 12.4. The fourth-order valence-electron chi connectivity index (χ4n) is 4.08. The Morgan fingerprint density at radius 3 is 2.19 bits per heavy atom. The summed E-state index contributed by atoms with van der Waals surface area (Å²) in [5.74, 6) is 0.425. The minimum atomic E-state index is -0.253. The quantitative estimate of drug-likeness (QED) is 0.278. The Labute approximate surface area is 193 Å². The highest BCUT2D eigenvalue weighted by molar-refractivity contribution is 5.90. The van der Waals surface area contributed by atoms with Crippen molar-refractivity contribution in [2.24, 2.45) is 0 Å². The molecule has 0 amide bonds. The third-order valence-electron chi connectivity index (χ3n) is 6.15. The van der Waals surface area contributed by atoms with Gasteiger partial charge in [-0.1, -0.05) is 51.7 Å². The van der Waals surface area contributed by atoms with E-state index >= 15 is 0 Å². The summed E-state index contributed by atoms with van der Waals surface area (Å²) < 4.78 is 11.8. The first kappa shape index (κ1) is 24.4. The highest BCUT2D eigenvalue weighted by Gasteiger charge is 2.24. The second-order valence-corrected chi connectivity index (χ2v) is 8.83. The molecule has 3 rings (SSSR count). The Morgan fingerprint density at radius 2 is 1.53 bits per heavy atom. The molecule has 1 saturated carbocycles. The van der Waals surface area contributed by atoms with Crippen LogP contribution < -0.4 is 0 Å². The number of carbonyl (C=O) groups is 1. The SMILES string of the molecule is CCCCCCOC1CCC(OC(=O)c2ccc(-c3ncc(CCCC)cn3)cc2)CC1. The Hall–Kier alpha value is -2.27. The lowest BCUT2D eigenvalue weighted by molar-refractivity contribution is -0.0204. The van der Waals surface area contributed by atoms with Crippen LogP contribution in [0.4, 0.5) is 0 Å². The molecule has 174 valence electrons. The molecule has 0 spiro atoms. The second-order valence-electron chi connectivity index (χ2n) is 8.83. The van der Waals surface area contributed by atoms with E-state index < -0.39 is 0 Å². The van der Waals surface area contributed by atoms with Gasteiger partial charge in [-0.2, -0.15) is 0 Å². The molecular formula is C27H38N2O3.